The minimum absolute atomic E-state index is 0. The number of fused-ring (bicyclic) bond motifs is 1. The van der Waals surface area contributed by atoms with Gasteiger partial charge < -0.3 is 10.6 Å². The Bertz CT molecular complexity index is 629. The summed E-state index contributed by atoms with van der Waals surface area (Å²) >= 11 is 1.78. The van der Waals surface area contributed by atoms with Crippen LogP contribution < -0.4 is 5.73 Å². The Morgan fingerprint density at radius 2 is 2.04 bits per heavy atom. The third-order valence-corrected chi connectivity index (χ3v) is 5.27. The van der Waals surface area contributed by atoms with E-state index in [9.17, 15) is 4.79 Å². The number of carbonyl (C=O) groups excluding carboxylic acids is 1. The molecule has 3 nitrogen and oxygen atoms in total. The normalized spacial score (nSPS) is 16.3. The summed E-state index contributed by atoms with van der Waals surface area (Å²) < 4.78 is 0. The summed E-state index contributed by atoms with van der Waals surface area (Å²) in [5.41, 5.74) is 8.14. The fourth-order valence-corrected chi connectivity index (χ4v) is 4.18. The summed E-state index contributed by atoms with van der Waals surface area (Å²) in [7, 11) is 0. The molecular weight excluding hydrogens is 328 g/mol. The number of halogens is 1. The molecule has 0 saturated heterocycles. The molecule has 124 valence electrons. The fraction of sp³-hybridized carbons (Fsp3) is 0.389. The zero-order valence-electron chi connectivity index (χ0n) is 13.1. The van der Waals surface area contributed by atoms with Gasteiger partial charge in [0.05, 0.1) is 5.92 Å². The average molecular weight is 351 g/mol. The number of aryl methyl sites for hydroxylation is 1. The Labute approximate surface area is 147 Å². The van der Waals surface area contributed by atoms with Gasteiger partial charge in [0.25, 0.3) is 0 Å². The molecule has 0 radical (unpaired) electrons. The van der Waals surface area contributed by atoms with Crippen molar-refractivity contribution in [3.8, 4) is 0 Å². The maximum Gasteiger partial charge on any atom is 0.230 e. The van der Waals surface area contributed by atoms with Crippen LogP contribution in [0.2, 0.25) is 0 Å². The van der Waals surface area contributed by atoms with E-state index in [1.54, 1.807) is 11.3 Å². The van der Waals surface area contributed by atoms with Crippen molar-refractivity contribution in [1.82, 2.24) is 4.90 Å². The molecule has 1 atom stereocenters. The van der Waals surface area contributed by atoms with Crippen LogP contribution in [-0.4, -0.2) is 23.9 Å². The van der Waals surface area contributed by atoms with Crippen LogP contribution in [0.4, 0.5) is 0 Å². The van der Waals surface area contributed by atoms with E-state index in [-0.39, 0.29) is 24.2 Å². The minimum atomic E-state index is 0. The molecule has 1 heterocycles. The first kappa shape index (κ1) is 18.0. The Morgan fingerprint density at radius 1 is 1.26 bits per heavy atom. The van der Waals surface area contributed by atoms with Gasteiger partial charge >= 0.3 is 0 Å². The average Bonchev–Trinajstić information content (AvgIpc) is 3.03. The lowest BCUT2D eigenvalue weighted by atomic mass is 9.86. The van der Waals surface area contributed by atoms with Crippen molar-refractivity contribution in [3.05, 3.63) is 57.8 Å². The van der Waals surface area contributed by atoms with E-state index in [2.05, 4.69) is 23.6 Å². The zero-order chi connectivity index (χ0) is 15.4. The van der Waals surface area contributed by atoms with Gasteiger partial charge in [0, 0.05) is 24.5 Å². The van der Waals surface area contributed by atoms with Crippen LogP contribution in [0.5, 0.6) is 0 Å². The molecule has 0 bridgehead atoms. The van der Waals surface area contributed by atoms with Gasteiger partial charge in [-0.2, -0.15) is 0 Å². The zero-order valence-corrected chi connectivity index (χ0v) is 14.7. The number of nitrogens with two attached hydrogens (primary N) is 1. The SMILES string of the molecule is Cl.NCCN(Cc1ccccc1)C(=O)C1CCCc2sccc21. The molecule has 1 aromatic carbocycles. The number of hydrogen-bond donors (Lipinski definition) is 1. The Hall–Kier alpha value is -1.36. The first-order chi connectivity index (χ1) is 10.8. The standard InChI is InChI=1S/C18H22N2OS.ClH/c19-10-11-20(13-14-5-2-1-3-6-14)18(21)16-7-4-8-17-15(16)9-12-22-17;/h1-3,5-6,9,12,16H,4,7-8,10-11,13,19H2;1H. The molecule has 1 aromatic heterocycles. The van der Waals surface area contributed by atoms with Crippen molar-refractivity contribution < 1.29 is 4.79 Å². The van der Waals surface area contributed by atoms with Crippen molar-refractivity contribution in [2.45, 2.75) is 31.7 Å². The van der Waals surface area contributed by atoms with Crippen molar-refractivity contribution >= 4 is 29.7 Å². The second-order valence-corrected chi connectivity index (χ2v) is 6.78. The summed E-state index contributed by atoms with van der Waals surface area (Å²) in [5, 5.41) is 2.11. The highest BCUT2D eigenvalue weighted by molar-refractivity contribution is 7.10. The number of benzene rings is 1. The second kappa shape index (κ2) is 8.48. The van der Waals surface area contributed by atoms with Crippen molar-refractivity contribution in [3.63, 3.8) is 0 Å². The van der Waals surface area contributed by atoms with Gasteiger partial charge in [-0.25, -0.2) is 0 Å². The Balaban J connectivity index is 0.00000192. The number of nitrogens with zero attached hydrogens (tertiary/aromatic N) is 1. The Morgan fingerprint density at radius 3 is 2.78 bits per heavy atom. The smallest absolute Gasteiger partial charge is 0.230 e. The lowest BCUT2D eigenvalue weighted by Gasteiger charge is -2.29. The lowest BCUT2D eigenvalue weighted by Crippen LogP contribution is -2.38. The molecule has 0 aliphatic heterocycles. The number of amides is 1. The maximum atomic E-state index is 13.0. The predicted octanol–water partition coefficient (Wildman–Crippen LogP) is 3.58. The molecule has 5 heteroatoms. The van der Waals surface area contributed by atoms with Crippen LogP contribution in [0.15, 0.2) is 41.8 Å². The van der Waals surface area contributed by atoms with Crippen LogP contribution in [0.25, 0.3) is 0 Å². The molecule has 0 fully saturated rings. The largest absolute Gasteiger partial charge is 0.337 e. The van der Waals surface area contributed by atoms with Gasteiger partial charge in [-0.1, -0.05) is 30.3 Å². The molecule has 2 N–H and O–H groups in total. The number of thiophene rings is 1. The quantitative estimate of drug-likeness (QED) is 0.895. The van der Waals surface area contributed by atoms with E-state index in [1.165, 1.54) is 10.4 Å². The predicted molar refractivity (Wildman–Crippen MR) is 98.2 cm³/mol. The highest BCUT2D eigenvalue weighted by Gasteiger charge is 2.30. The second-order valence-electron chi connectivity index (χ2n) is 5.78. The Kier molecular flexibility index (Phi) is 6.63. The van der Waals surface area contributed by atoms with E-state index < -0.39 is 0 Å². The molecule has 3 rings (SSSR count). The third-order valence-electron chi connectivity index (χ3n) is 4.28. The van der Waals surface area contributed by atoms with Crippen LogP contribution in [0, 0.1) is 0 Å². The summed E-state index contributed by atoms with van der Waals surface area (Å²) in [6, 6.07) is 12.3. The molecule has 1 aliphatic rings. The van der Waals surface area contributed by atoms with Gasteiger partial charge in [-0.05, 0) is 41.8 Å². The number of hydrogen-bond acceptors (Lipinski definition) is 3. The van der Waals surface area contributed by atoms with Crippen LogP contribution in [0.3, 0.4) is 0 Å². The molecule has 23 heavy (non-hydrogen) atoms. The van der Waals surface area contributed by atoms with Crippen molar-refractivity contribution in [2.75, 3.05) is 13.1 Å². The minimum Gasteiger partial charge on any atom is -0.337 e. The maximum absolute atomic E-state index is 13.0. The molecule has 1 unspecified atom stereocenters. The van der Waals surface area contributed by atoms with Crippen LogP contribution >= 0.6 is 23.7 Å². The third kappa shape index (κ3) is 4.14. The van der Waals surface area contributed by atoms with E-state index in [4.69, 9.17) is 5.73 Å². The molecule has 2 aromatic rings. The van der Waals surface area contributed by atoms with E-state index in [1.807, 2.05) is 23.1 Å². The molecule has 1 aliphatic carbocycles. The van der Waals surface area contributed by atoms with E-state index in [0.717, 1.165) is 24.8 Å². The summed E-state index contributed by atoms with van der Waals surface area (Å²) in [6.07, 6.45) is 3.18. The number of carbonyl (C=O) groups is 1. The molecular formula is C18H23ClN2OS. The monoisotopic (exact) mass is 350 g/mol. The van der Waals surface area contributed by atoms with E-state index >= 15 is 0 Å². The molecule has 0 spiro atoms. The van der Waals surface area contributed by atoms with Crippen molar-refractivity contribution in [1.29, 1.82) is 0 Å². The van der Waals surface area contributed by atoms with Gasteiger partial charge in [0.15, 0.2) is 0 Å². The lowest BCUT2D eigenvalue weighted by molar-refractivity contribution is -0.133. The van der Waals surface area contributed by atoms with Crippen molar-refractivity contribution in [2.24, 2.45) is 5.73 Å². The first-order valence-electron chi connectivity index (χ1n) is 7.88. The highest BCUT2D eigenvalue weighted by Crippen LogP contribution is 2.36. The van der Waals surface area contributed by atoms with E-state index in [0.29, 0.717) is 19.6 Å². The summed E-state index contributed by atoms with van der Waals surface area (Å²) in [6.45, 7) is 1.76. The fourth-order valence-electron chi connectivity index (χ4n) is 3.19. The van der Waals surface area contributed by atoms with Gasteiger partial charge in [0.2, 0.25) is 5.91 Å². The molecule has 1 amide bonds. The highest BCUT2D eigenvalue weighted by atomic mass is 35.5. The first-order valence-corrected chi connectivity index (χ1v) is 8.76. The van der Waals surface area contributed by atoms with Gasteiger partial charge in [-0.15, -0.1) is 23.7 Å². The number of rotatable bonds is 5. The molecule has 0 saturated carbocycles. The van der Waals surface area contributed by atoms with Gasteiger partial charge in [-0.3, -0.25) is 4.79 Å². The topological polar surface area (TPSA) is 46.3 Å². The summed E-state index contributed by atoms with van der Waals surface area (Å²) in [4.78, 5) is 16.3. The van der Waals surface area contributed by atoms with Crippen LogP contribution in [0.1, 0.15) is 34.8 Å². The van der Waals surface area contributed by atoms with Crippen LogP contribution in [-0.2, 0) is 17.8 Å². The summed E-state index contributed by atoms with van der Waals surface area (Å²) in [5.74, 6) is 0.249. The van der Waals surface area contributed by atoms with Gasteiger partial charge in [0.1, 0.15) is 0 Å².